The highest BCUT2D eigenvalue weighted by molar-refractivity contribution is 8.15. The van der Waals surface area contributed by atoms with Crippen LogP contribution in [-0.4, -0.2) is 52.0 Å². The van der Waals surface area contributed by atoms with Gasteiger partial charge in [-0.3, -0.25) is 19.4 Å². The molecule has 0 aliphatic carbocycles. The largest absolute Gasteiger partial charge is 0.497 e. The molecule has 0 fully saturated rings. The minimum atomic E-state index is -0.890. The maximum Gasteiger partial charge on any atom is 0.259 e. The van der Waals surface area contributed by atoms with Crippen LogP contribution in [0.5, 0.6) is 5.75 Å². The summed E-state index contributed by atoms with van der Waals surface area (Å²) >= 11 is 1.23. The summed E-state index contributed by atoms with van der Waals surface area (Å²) in [6, 6.07) is 21.7. The fraction of sp³-hybridized carbons (Fsp3) is 0.281. The zero-order chi connectivity index (χ0) is 29.6. The van der Waals surface area contributed by atoms with Crippen LogP contribution in [0.3, 0.4) is 0 Å². The smallest absolute Gasteiger partial charge is 0.259 e. The van der Waals surface area contributed by atoms with E-state index in [1.807, 2.05) is 79.7 Å². The third-order valence-electron chi connectivity index (χ3n) is 7.12. The predicted molar refractivity (Wildman–Crippen MR) is 166 cm³/mol. The number of aryl methyl sites for hydroxylation is 1. The quantitative estimate of drug-likeness (QED) is 0.346. The van der Waals surface area contributed by atoms with Gasteiger partial charge < -0.3 is 15.4 Å². The molecule has 216 valence electrons. The van der Waals surface area contributed by atoms with Gasteiger partial charge in [-0.25, -0.2) is 9.89 Å². The second-order valence-electron chi connectivity index (χ2n) is 9.94. The number of hydrogen-bond acceptors (Lipinski definition) is 7. The highest BCUT2D eigenvalue weighted by Gasteiger charge is 2.43. The molecule has 42 heavy (non-hydrogen) atoms. The summed E-state index contributed by atoms with van der Waals surface area (Å²) in [6.07, 6.45) is 1.35. The number of thioether (sulfide) groups is 1. The standard InChI is InChI=1S/C32H33N5O4S/c1-4-20-10-14-22(15-11-20)34-30(39)27(5-2)42-32-36-25-9-7-6-8-24(25)29-35-26(31(40)37(29)32)18-28(38)33-19-21-12-16-23(41-3)17-13-21/h6-17,26-27H,4-5,18-19H2,1-3H3,(H,33,38)(H,34,39)/t26-,27-/m0/s1. The summed E-state index contributed by atoms with van der Waals surface area (Å²) < 4.78 is 5.18. The lowest BCUT2D eigenvalue weighted by atomic mass is 10.1. The van der Waals surface area contributed by atoms with Crippen molar-refractivity contribution in [3.05, 3.63) is 89.5 Å². The number of para-hydroxylation sites is 1. The topological polar surface area (TPSA) is 112 Å². The molecular weight excluding hydrogens is 550 g/mol. The van der Waals surface area contributed by atoms with Gasteiger partial charge in [0.05, 0.1) is 24.5 Å². The number of ether oxygens (including phenoxy) is 1. The fourth-order valence-electron chi connectivity index (χ4n) is 4.70. The SMILES string of the molecule is CCc1ccc(NC(=O)[C@H](CC)SC2=Nc3ccccc3C3=N[C@@H](CC(=O)NCc4ccc(OC)cc4)C(=O)N23)cc1. The maximum atomic E-state index is 13.7. The molecule has 2 aliphatic rings. The molecule has 2 N–H and O–H groups in total. The van der Waals surface area contributed by atoms with E-state index in [4.69, 9.17) is 9.73 Å². The van der Waals surface area contributed by atoms with E-state index in [0.29, 0.717) is 40.9 Å². The predicted octanol–water partition coefficient (Wildman–Crippen LogP) is 5.07. The first-order chi connectivity index (χ1) is 20.4. The van der Waals surface area contributed by atoms with Crippen molar-refractivity contribution in [2.45, 2.75) is 50.9 Å². The number of methoxy groups -OCH3 is 1. The molecule has 0 aromatic heterocycles. The second-order valence-corrected chi connectivity index (χ2v) is 11.1. The minimum absolute atomic E-state index is 0.0967. The van der Waals surface area contributed by atoms with Crippen LogP contribution in [-0.2, 0) is 27.3 Å². The van der Waals surface area contributed by atoms with Crippen molar-refractivity contribution in [2.24, 2.45) is 9.98 Å². The molecule has 2 atom stereocenters. The van der Waals surface area contributed by atoms with Crippen LogP contribution < -0.4 is 15.4 Å². The first-order valence-corrected chi connectivity index (χ1v) is 14.8. The van der Waals surface area contributed by atoms with Gasteiger partial charge in [0.1, 0.15) is 17.6 Å². The molecule has 0 bridgehead atoms. The summed E-state index contributed by atoms with van der Waals surface area (Å²) in [7, 11) is 1.60. The first-order valence-electron chi connectivity index (χ1n) is 14.0. The van der Waals surface area contributed by atoms with E-state index >= 15 is 0 Å². The van der Waals surface area contributed by atoms with Gasteiger partial charge in [0.25, 0.3) is 5.91 Å². The van der Waals surface area contributed by atoms with Crippen LogP contribution in [0.15, 0.2) is 82.8 Å². The number of nitrogens with one attached hydrogen (secondary N) is 2. The number of amides is 3. The van der Waals surface area contributed by atoms with E-state index in [-0.39, 0.29) is 24.1 Å². The molecule has 2 aliphatic heterocycles. The van der Waals surface area contributed by atoms with Crippen molar-refractivity contribution in [2.75, 3.05) is 12.4 Å². The van der Waals surface area contributed by atoms with Gasteiger partial charge in [0.2, 0.25) is 11.8 Å². The summed E-state index contributed by atoms with van der Waals surface area (Å²) in [5.74, 6) is 0.390. The number of amidine groups is 2. The highest BCUT2D eigenvalue weighted by atomic mass is 32.2. The molecule has 3 aromatic rings. The molecule has 2 heterocycles. The molecule has 0 unspecified atom stereocenters. The average molecular weight is 584 g/mol. The van der Waals surface area contributed by atoms with E-state index < -0.39 is 11.3 Å². The zero-order valence-corrected chi connectivity index (χ0v) is 24.6. The van der Waals surface area contributed by atoms with Gasteiger partial charge in [0, 0.05) is 17.8 Å². The second kappa shape index (κ2) is 13.0. The van der Waals surface area contributed by atoms with Crippen LogP contribution >= 0.6 is 11.8 Å². The number of anilines is 1. The Labute approximate surface area is 249 Å². The Morgan fingerprint density at radius 3 is 2.40 bits per heavy atom. The van der Waals surface area contributed by atoms with Crippen molar-refractivity contribution in [3.63, 3.8) is 0 Å². The maximum absolute atomic E-state index is 13.7. The highest BCUT2D eigenvalue weighted by Crippen LogP contribution is 2.36. The summed E-state index contributed by atoms with van der Waals surface area (Å²) in [5, 5.41) is 5.74. The Balaban J connectivity index is 1.30. The lowest BCUT2D eigenvalue weighted by Crippen LogP contribution is -2.43. The van der Waals surface area contributed by atoms with Gasteiger partial charge in [-0.05, 0) is 60.4 Å². The van der Waals surface area contributed by atoms with Crippen molar-refractivity contribution >= 4 is 51.9 Å². The molecule has 9 nitrogen and oxygen atoms in total. The number of nitrogens with zero attached hydrogens (tertiary/aromatic N) is 3. The minimum Gasteiger partial charge on any atom is -0.497 e. The number of carbonyl (C=O) groups is 3. The Morgan fingerprint density at radius 2 is 1.71 bits per heavy atom. The number of fused-ring (bicyclic) bond motifs is 3. The molecule has 5 rings (SSSR count). The van der Waals surface area contributed by atoms with Crippen molar-refractivity contribution < 1.29 is 19.1 Å². The molecule has 10 heteroatoms. The van der Waals surface area contributed by atoms with Crippen LogP contribution in [0.4, 0.5) is 11.4 Å². The van der Waals surface area contributed by atoms with E-state index in [2.05, 4.69) is 22.5 Å². The van der Waals surface area contributed by atoms with Gasteiger partial charge in [0.15, 0.2) is 5.17 Å². The Bertz CT molecular complexity index is 1540. The van der Waals surface area contributed by atoms with Gasteiger partial charge in [-0.2, -0.15) is 0 Å². The molecule has 0 spiro atoms. The summed E-state index contributed by atoms with van der Waals surface area (Å²) in [6.45, 7) is 4.33. The van der Waals surface area contributed by atoms with Crippen molar-refractivity contribution in [3.8, 4) is 5.75 Å². The van der Waals surface area contributed by atoms with Crippen LogP contribution in [0.2, 0.25) is 0 Å². The zero-order valence-electron chi connectivity index (χ0n) is 23.8. The summed E-state index contributed by atoms with van der Waals surface area (Å²) in [4.78, 5) is 50.6. The molecule has 0 saturated heterocycles. The molecule has 3 aromatic carbocycles. The molecular formula is C32H33N5O4S. The van der Waals surface area contributed by atoms with Gasteiger partial charge in [-0.15, -0.1) is 0 Å². The Kier molecular flexibility index (Phi) is 9.02. The molecule has 0 radical (unpaired) electrons. The van der Waals surface area contributed by atoms with Crippen molar-refractivity contribution in [1.82, 2.24) is 10.2 Å². The third kappa shape index (κ3) is 6.38. The number of carbonyl (C=O) groups excluding carboxylic acids is 3. The number of rotatable bonds is 10. The van der Waals surface area contributed by atoms with Gasteiger partial charge in [-0.1, -0.05) is 62.0 Å². The van der Waals surface area contributed by atoms with Crippen LogP contribution in [0, 0.1) is 0 Å². The van der Waals surface area contributed by atoms with E-state index in [0.717, 1.165) is 17.7 Å². The monoisotopic (exact) mass is 583 g/mol. The molecule has 0 saturated carbocycles. The van der Waals surface area contributed by atoms with E-state index in [9.17, 15) is 14.4 Å². The van der Waals surface area contributed by atoms with Crippen LogP contribution in [0.1, 0.15) is 43.4 Å². The first kappa shape index (κ1) is 29.1. The number of benzene rings is 3. The molecule has 3 amide bonds. The van der Waals surface area contributed by atoms with Gasteiger partial charge >= 0.3 is 0 Å². The normalized spacial score (nSPS) is 16.1. The van der Waals surface area contributed by atoms with Crippen molar-refractivity contribution in [1.29, 1.82) is 0 Å². The van der Waals surface area contributed by atoms with E-state index in [1.54, 1.807) is 7.11 Å². The van der Waals surface area contributed by atoms with Crippen LogP contribution in [0.25, 0.3) is 0 Å². The average Bonchev–Trinajstić information content (AvgIpc) is 3.35. The lowest BCUT2D eigenvalue weighted by molar-refractivity contribution is -0.128. The lowest BCUT2D eigenvalue weighted by Gasteiger charge is -2.27. The van der Waals surface area contributed by atoms with E-state index in [1.165, 1.54) is 22.2 Å². The number of aliphatic imine (C=N–C) groups is 2. The Hall–Kier alpha value is -4.44. The number of hydrogen-bond donors (Lipinski definition) is 2. The Morgan fingerprint density at radius 1 is 1.00 bits per heavy atom. The fourth-order valence-corrected chi connectivity index (χ4v) is 5.72. The third-order valence-corrected chi connectivity index (χ3v) is 8.43. The summed E-state index contributed by atoms with van der Waals surface area (Å²) in [5.41, 5.74) is 4.19.